The maximum atomic E-state index is 13.6. The number of methoxy groups -OCH3 is 2. The minimum atomic E-state index is 0.0400. The van der Waals surface area contributed by atoms with E-state index in [1.807, 2.05) is 29.2 Å². The molecule has 1 amide bonds. The highest BCUT2D eigenvalue weighted by atomic mass is 32.2. The van der Waals surface area contributed by atoms with Gasteiger partial charge in [-0.2, -0.15) is 0 Å². The van der Waals surface area contributed by atoms with Gasteiger partial charge in [-0.05, 0) is 80.7 Å². The lowest BCUT2D eigenvalue weighted by Crippen LogP contribution is -2.43. The number of nitrogens with one attached hydrogen (secondary N) is 1. The van der Waals surface area contributed by atoms with Crippen molar-refractivity contribution in [3.05, 3.63) is 40.5 Å². The minimum Gasteiger partial charge on any atom is -0.497 e. The van der Waals surface area contributed by atoms with Crippen molar-refractivity contribution >= 4 is 40.3 Å². The molecule has 4 fully saturated rings. The Morgan fingerprint density at radius 1 is 1.07 bits per heavy atom. The van der Waals surface area contributed by atoms with Gasteiger partial charge in [0.2, 0.25) is 0 Å². The molecule has 3 atom stereocenters. The molecule has 4 aliphatic rings. The third-order valence-corrected chi connectivity index (χ3v) is 10.3. The summed E-state index contributed by atoms with van der Waals surface area (Å²) < 4.78 is 18.2. The summed E-state index contributed by atoms with van der Waals surface area (Å²) in [5.41, 5.74) is 2.00. The first-order valence-corrected chi connectivity index (χ1v) is 15.8. The van der Waals surface area contributed by atoms with Crippen LogP contribution < -0.4 is 14.8 Å². The molecule has 2 aliphatic carbocycles. The zero-order chi connectivity index (χ0) is 27.6. The smallest absolute Gasteiger partial charge is 0.266 e. The number of thiocarbonyl (C=S) groups is 1. The zero-order valence-electron chi connectivity index (χ0n) is 23.4. The Labute approximate surface area is 246 Å². The van der Waals surface area contributed by atoms with Crippen molar-refractivity contribution in [3.63, 3.8) is 0 Å². The normalized spacial score (nSPS) is 25.9. The largest absolute Gasteiger partial charge is 0.497 e. The summed E-state index contributed by atoms with van der Waals surface area (Å²) in [6.07, 6.45) is 9.84. The van der Waals surface area contributed by atoms with Crippen LogP contribution in [0.3, 0.4) is 0 Å². The second-order valence-electron chi connectivity index (χ2n) is 11.4. The molecular weight excluding hydrogens is 542 g/mol. The fraction of sp³-hybridized carbons (Fsp3) is 0.548. The zero-order valence-corrected chi connectivity index (χ0v) is 25.1. The van der Waals surface area contributed by atoms with Crippen molar-refractivity contribution in [3.8, 4) is 22.8 Å². The SMILES string of the molecule is COc1cc(OC)cc(-c2cc(CCCCN3CCNCC3)c(C=C3SC(=S)N(C4CC5CCC4C5)C3=O)o2)c1. The molecule has 2 bridgehead atoms. The predicted molar refractivity (Wildman–Crippen MR) is 164 cm³/mol. The average molecular weight is 582 g/mol. The lowest BCUT2D eigenvalue weighted by molar-refractivity contribution is -0.124. The van der Waals surface area contributed by atoms with Crippen LogP contribution in [0.5, 0.6) is 11.5 Å². The Kier molecular flexibility index (Phi) is 8.53. The molecule has 40 heavy (non-hydrogen) atoms. The summed E-state index contributed by atoms with van der Waals surface area (Å²) in [6, 6.07) is 8.13. The van der Waals surface area contributed by atoms with Gasteiger partial charge in [-0.15, -0.1) is 0 Å². The van der Waals surface area contributed by atoms with Crippen molar-refractivity contribution in [1.82, 2.24) is 15.1 Å². The van der Waals surface area contributed by atoms with Crippen LogP contribution in [0.2, 0.25) is 0 Å². The third kappa shape index (κ3) is 5.84. The van der Waals surface area contributed by atoms with E-state index in [-0.39, 0.29) is 11.9 Å². The number of furan rings is 1. The second kappa shape index (κ2) is 12.3. The highest BCUT2D eigenvalue weighted by Crippen LogP contribution is 2.49. The van der Waals surface area contributed by atoms with Gasteiger partial charge < -0.3 is 24.1 Å². The van der Waals surface area contributed by atoms with Gasteiger partial charge in [-0.25, -0.2) is 0 Å². The van der Waals surface area contributed by atoms with Crippen molar-refractivity contribution in [2.45, 2.75) is 51.0 Å². The van der Waals surface area contributed by atoms with E-state index in [4.69, 9.17) is 26.1 Å². The molecule has 2 aromatic rings. The lowest BCUT2D eigenvalue weighted by Gasteiger charge is -2.30. The van der Waals surface area contributed by atoms with Gasteiger partial charge in [0.1, 0.15) is 27.3 Å². The Balaban J connectivity index is 1.24. The van der Waals surface area contributed by atoms with Crippen molar-refractivity contribution in [2.24, 2.45) is 11.8 Å². The number of hydrogen-bond acceptors (Lipinski definition) is 8. The van der Waals surface area contributed by atoms with E-state index in [1.165, 1.54) is 31.0 Å². The Bertz CT molecular complexity index is 1260. The number of nitrogens with zero attached hydrogens (tertiary/aromatic N) is 2. The topological polar surface area (TPSA) is 67.2 Å². The Morgan fingerprint density at radius 2 is 1.85 bits per heavy atom. The quantitative estimate of drug-likeness (QED) is 0.222. The molecule has 9 heteroatoms. The van der Waals surface area contributed by atoms with Crippen LogP contribution >= 0.6 is 24.0 Å². The standard InChI is InChI=1S/C31H39N3O4S2/c1-36-24-15-23(16-25(18-24)37-2)27-17-22(5-3-4-10-33-11-8-32-9-12-33)28(38-27)19-29-30(35)34(31(39)40-29)26-14-20-6-7-21(26)13-20/h15-21,26,32H,3-14H2,1-2H3. The van der Waals surface area contributed by atoms with Gasteiger partial charge in [0.25, 0.3) is 5.91 Å². The van der Waals surface area contributed by atoms with Gasteiger partial charge in [-0.3, -0.25) is 9.69 Å². The number of hydrogen-bond donors (Lipinski definition) is 1. The Morgan fingerprint density at radius 3 is 2.52 bits per heavy atom. The van der Waals surface area contributed by atoms with Crippen LogP contribution in [0.25, 0.3) is 17.4 Å². The van der Waals surface area contributed by atoms with Crippen molar-refractivity contribution in [1.29, 1.82) is 0 Å². The van der Waals surface area contributed by atoms with Gasteiger partial charge in [0.15, 0.2) is 0 Å². The minimum absolute atomic E-state index is 0.0400. The summed E-state index contributed by atoms with van der Waals surface area (Å²) in [4.78, 5) is 18.7. The van der Waals surface area contributed by atoms with E-state index in [0.717, 1.165) is 87.0 Å². The van der Waals surface area contributed by atoms with Gasteiger partial charge in [0.05, 0.1) is 19.1 Å². The van der Waals surface area contributed by atoms with Crippen LogP contribution in [-0.4, -0.2) is 73.0 Å². The molecule has 214 valence electrons. The summed E-state index contributed by atoms with van der Waals surface area (Å²) in [6.45, 7) is 5.47. The summed E-state index contributed by atoms with van der Waals surface area (Å²) >= 11 is 7.16. The van der Waals surface area contributed by atoms with E-state index in [0.29, 0.717) is 26.6 Å². The highest BCUT2D eigenvalue weighted by molar-refractivity contribution is 8.26. The third-order valence-electron chi connectivity index (χ3n) is 8.98. The van der Waals surface area contributed by atoms with Crippen LogP contribution in [-0.2, 0) is 11.2 Å². The number of fused-ring (bicyclic) bond motifs is 2. The molecule has 1 aromatic heterocycles. The van der Waals surface area contributed by atoms with Gasteiger partial charge >= 0.3 is 0 Å². The van der Waals surface area contributed by atoms with Gasteiger partial charge in [-0.1, -0.05) is 30.4 Å². The molecule has 7 nitrogen and oxygen atoms in total. The van der Waals surface area contributed by atoms with Crippen LogP contribution in [0.4, 0.5) is 0 Å². The van der Waals surface area contributed by atoms with E-state index >= 15 is 0 Å². The van der Waals surface area contributed by atoms with Crippen molar-refractivity contribution < 1.29 is 18.7 Å². The van der Waals surface area contributed by atoms with E-state index in [9.17, 15) is 4.79 Å². The summed E-state index contributed by atoms with van der Waals surface area (Å²) in [5, 5.41) is 3.42. The lowest BCUT2D eigenvalue weighted by atomic mass is 9.94. The Hall–Kier alpha value is -2.33. The first kappa shape index (κ1) is 27.8. The number of carbonyl (C=O) groups is 1. The number of rotatable bonds is 10. The van der Waals surface area contributed by atoms with Crippen LogP contribution in [0.1, 0.15) is 49.8 Å². The molecule has 1 aromatic carbocycles. The molecule has 2 saturated heterocycles. The number of thioether (sulfide) groups is 1. The molecule has 6 rings (SSSR count). The number of amides is 1. The fourth-order valence-electron chi connectivity index (χ4n) is 6.85. The molecule has 3 heterocycles. The maximum Gasteiger partial charge on any atom is 0.266 e. The molecular formula is C31H39N3O4S2. The maximum absolute atomic E-state index is 13.6. The van der Waals surface area contributed by atoms with E-state index < -0.39 is 0 Å². The number of piperazine rings is 1. The van der Waals surface area contributed by atoms with E-state index in [2.05, 4.69) is 16.3 Å². The first-order chi connectivity index (χ1) is 19.5. The molecule has 2 saturated carbocycles. The summed E-state index contributed by atoms with van der Waals surface area (Å²) in [5.74, 6) is 4.28. The van der Waals surface area contributed by atoms with Crippen molar-refractivity contribution in [2.75, 3.05) is 46.9 Å². The average Bonchev–Trinajstić information content (AvgIpc) is 3.76. The summed E-state index contributed by atoms with van der Waals surface area (Å²) in [7, 11) is 3.29. The van der Waals surface area contributed by atoms with Gasteiger partial charge in [0, 0.05) is 49.9 Å². The first-order valence-electron chi connectivity index (χ1n) is 14.6. The van der Waals surface area contributed by atoms with Crippen LogP contribution in [0.15, 0.2) is 33.6 Å². The number of ether oxygens (including phenoxy) is 2. The van der Waals surface area contributed by atoms with E-state index in [1.54, 1.807) is 14.2 Å². The molecule has 2 aliphatic heterocycles. The second-order valence-corrected chi connectivity index (χ2v) is 13.1. The number of unbranched alkanes of at least 4 members (excludes halogenated alkanes) is 1. The van der Waals surface area contributed by atoms with Crippen LogP contribution in [0, 0.1) is 11.8 Å². The molecule has 3 unspecified atom stereocenters. The molecule has 0 spiro atoms. The predicted octanol–water partition coefficient (Wildman–Crippen LogP) is 5.58. The number of carbonyl (C=O) groups excluding carboxylic acids is 1. The molecule has 0 radical (unpaired) electrons. The number of aryl methyl sites for hydroxylation is 1. The fourth-order valence-corrected chi connectivity index (χ4v) is 8.19. The monoisotopic (exact) mass is 581 g/mol. The molecule has 1 N–H and O–H groups in total. The number of benzene rings is 1. The highest BCUT2D eigenvalue weighted by Gasteiger charge is 2.48.